The number of aliphatic hydroxyl groups is 1. The monoisotopic (exact) mass is 324 g/mol. The first-order chi connectivity index (χ1) is 7.89. The van der Waals surface area contributed by atoms with Crippen LogP contribution in [0.3, 0.4) is 0 Å². The van der Waals surface area contributed by atoms with Gasteiger partial charge in [0, 0.05) is 0 Å². The van der Waals surface area contributed by atoms with E-state index in [9.17, 15) is 0 Å². The van der Waals surface area contributed by atoms with Crippen molar-refractivity contribution in [2.45, 2.75) is 50.7 Å². The average molecular weight is 325 g/mol. The molecule has 0 amide bonds. The van der Waals surface area contributed by atoms with Crippen LogP contribution in [0.25, 0.3) is 0 Å². The van der Waals surface area contributed by atoms with Gasteiger partial charge in [0.05, 0.1) is 16.5 Å². The Morgan fingerprint density at radius 2 is 1.61 bits per heavy atom. The molecule has 2 fully saturated rings. The minimum atomic E-state index is -0.250. The fourth-order valence-corrected chi connectivity index (χ4v) is 0.717. The molecule has 0 heterocycles. The van der Waals surface area contributed by atoms with Crippen molar-refractivity contribution in [3.8, 4) is 24.7 Å². The molecule has 2 rings (SSSR count). The largest absolute Gasteiger partial charge is 1.00 e. The third-order valence-electron chi connectivity index (χ3n) is 2.51. The van der Waals surface area contributed by atoms with Crippen molar-refractivity contribution in [1.29, 1.82) is 0 Å². The van der Waals surface area contributed by atoms with Crippen molar-refractivity contribution in [2.24, 2.45) is 0 Å². The zero-order valence-corrected chi connectivity index (χ0v) is 15.2. The molecule has 0 unspecified atom stereocenters. The summed E-state index contributed by atoms with van der Waals surface area (Å²) in [5.74, 6) is 4.79. The van der Waals surface area contributed by atoms with Crippen LogP contribution in [0.15, 0.2) is 0 Å². The van der Waals surface area contributed by atoms with Gasteiger partial charge in [-0.15, -0.1) is 12.8 Å². The summed E-state index contributed by atoms with van der Waals surface area (Å²) in [6.45, 7) is 4.41. The average Bonchev–Trinajstić information content (AvgIpc) is 3.19. The van der Waals surface area contributed by atoms with E-state index < -0.39 is 0 Å². The van der Waals surface area contributed by atoms with Crippen molar-refractivity contribution in [1.82, 2.24) is 0 Å². The van der Waals surface area contributed by atoms with Crippen LogP contribution in [0.4, 0.5) is 0 Å². The zero-order valence-electron chi connectivity index (χ0n) is 12.6. The maximum absolute atomic E-state index is 8.63. The van der Waals surface area contributed by atoms with E-state index in [0.29, 0.717) is 11.9 Å². The predicted molar refractivity (Wildman–Crippen MR) is 76.0 cm³/mol. The summed E-state index contributed by atoms with van der Waals surface area (Å²) in [5.41, 5.74) is -0.0909. The summed E-state index contributed by atoms with van der Waals surface area (Å²) in [6, 6.07) is 0. The Bertz CT molecular complexity index is 298. The molecule has 0 spiro atoms. The van der Waals surface area contributed by atoms with Gasteiger partial charge in [-0.2, -0.15) is 0 Å². The number of hydrogen-bond donors (Lipinski definition) is 1. The number of terminal acetylenes is 2. The first-order valence-electron chi connectivity index (χ1n) is 5.68. The molecule has 0 aromatic carbocycles. The predicted octanol–water partition coefficient (Wildman–Crippen LogP) is -0.149. The van der Waals surface area contributed by atoms with Crippen molar-refractivity contribution < 1.29 is 40.8 Å². The van der Waals surface area contributed by atoms with Gasteiger partial charge >= 0.3 is 29.6 Å². The molecule has 0 saturated heterocycles. The van der Waals surface area contributed by atoms with E-state index in [0.717, 1.165) is 12.8 Å². The van der Waals surface area contributed by atoms with Gasteiger partial charge in [-0.1, -0.05) is 27.8 Å². The molecule has 0 aromatic rings. The number of ether oxygens (including phenoxy) is 1. The molecule has 98 valence electrons. The van der Waals surface area contributed by atoms with Crippen LogP contribution in [0.5, 0.6) is 0 Å². The van der Waals surface area contributed by atoms with Gasteiger partial charge in [0.15, 0.2) is 0 Å². The molecular formula is C14H22BrNaO2. The van der Waals surface area contributed by atoms with Crippen molar-refractivity contribution in [2.75, 3.05) is 11.9 Å². The van der Waals surface area contributed by atoms with Gasteiger partial charge in [-0.05, 0) is 39.5 Å². The Kier molecular flexibility index (Phi) is 11.9. The fourth-order valence-electron chi connectivity index (χ4n) is 0.717. The minimum absolute atomic E-state index is 0. The second-order valence-corrected chi connectivity index (χ2v) is 5.34. The van der Waals surface area contributed by atoms with Crippen LogP contribution in [0, 0.1) is 24.7 Å². The van der Waals surface area contributed by atoms with Gasteiger partial charge < -0.3 is 11.3 Å². The molecule has 1 N–H and O–H groups in total. The maximum atomic E-state index is 8.63. The summed E-state index contributed by atoms with van der Waals surface area (Å²) in [5, 5.41) is 9.29. The van der Waals surface area contributed by atoms with Crippen LogP contribution < -0.4 is 29.6 Å². The summed E-state index contributed by atoms with van der Waals surface area (Å²) in [4.78, 5) is 0. The Labute approximate surface area is 143 Å². The van der Waals surface area contributed by atoms with E-state index in [-0.39, 0.29) is 42.2 Å². The molecule has 2 nitrogen and oxygen atoms in total. The molecule has 0 bridgehead atoms. The van der Waals surface area contributed by atoms with Crippen molar-refractivity contribution >= 4 is 15.9 Å². The molecular weight excluding hydrogens is 303 g/mol. The second kappa shape index (κ2) is 10.3. The smallest absolute Gasteiger partial charge is 1.00 e. The van der Waals surface area contributed by atoms with Gasteiger partial charge in [-0.3, -0.25) is 0 Å². The van der Waals surface area contributed by atoms with E-state index >= 15 is 0 Å². The zero-order chi connectivity index (χ0) is 13.4. The van der Waals surface area contributed by atoms with Crippen molar-refractivity contribution in [3.63, 3.8) is 0 Å². The molecule has 0 aliphatic heterocycles. The molecule has 0 radical (unpaired) electrons. The van der Waals surface area contributed by atoms with E-state index in [1.165, 1.54) is 12.8 Å². The van der Waals surface area contributed by atoms with Gasteiger partial charge in [0.25, 0.3) is 0 Å². The Balaban J connectivity index is -0.000000206. The number of halogens is 1. The third-order valence-corrected chi connectivity index (χ3v) is 2.83. The number of hydrogen-bond acceptors (Lipinski definition) is 2. The molecule has 2 saturated carbocycles. The van der Waals surface area contributed by atoms with Crippen LogP contribution >= 0.6 is 15.9 Å². The normalized spacial score (nSPS) is 19.2. The molecule has 2 aliphatic rings. The van der Waals surface area contributed by atoms with Crippen molar-refractivity contribution in [3.05, 3.63) is 0 Å². The summed E-state index contributed by atoms with van der Waals surface area (Å²) in [7, 11) is 0. The molecule has 4 heteroatoms. The first-order valence-corrected chi connectivity index (χ1v) is 6.80. The van der Waals surface area contributed by atoms with Crippen LogP contribution in [0.1, 0.15) is 41.0 Å². The SMILES string of the molecule is C#CCBr.C#CCOC1(C)CC1.CC1(O)CC1.[H-].[Na+]. The molecule has 0 aromatic heterocycles. The number of alkyl halides is 1. The quantitative estimate of drug-likeness (QED) is 0.435. The molecule has 18 heavy (non-hydrogen) atoms. The van der Waals surface area contributed by atoms with Gasteiger partial charge in [0.2, 0.25) is 0 Å². The Morgan fingerprint density at radius 3 is 1.78 bits per heavy atom. The van der Waals surface area contributed by atoms with Crippen LogP contribution in [-0.4, -0.2) is 28.2 Å². The summed E-state index contributed by atoms with van der Waals surface area (Å²) >= 11 is 3.01. The Hall–Kier alpha value is 0.520. The Morgan fingerprint density at radius 1 is 1.22 bits per heavy atom. The molecule has 0 atom stereocenters. The van der Waals surface area contributed by atoms with Gasteiger partial charge in [0.1, 0.15) is 6.61 Å². The maximum Gasteiger partial charge on any atom is 1.00 e. The summed E-state index contributed by atoms with van der Waals surface area (Å²) in [6.07, 6.45) is 14.1. The fraction of sp³-hybridized carbons (Fsp3) is 0.714. The molecule has 2 aliphatic carbocycles. The second-order valence-electron chi connectivity index (χ2n) is 4.78. The first kappa shape index (κ1) is 20.8. The number of rotatable bonds is 2. The van der Waals surface area contributed by atoms with Gasteiger partial charge in [-0.25, -0.2) is 0 Å². The van der Waals surface area contributed by atoms with E-state index in [1.54, 1.807) is 0 Å². The summed E-state index contributed by atoms with van der Waals surface area (Å²) < 4.78 is 5.25. The standard InChI is InChI=1S/C7H10O.C4H8O.C3H3Br.Na.H/c1-3-6-8-7(2)4-5-7;1-4(5)2-3-4;1-2-3-4;;/h1H,4-6H2,2H3;5H,2-3H2,1H3;1H,3H2;;/q;;;+1;-1. The van der Waals surface area contributed by atoms with Crippen LogP contribution in [-0.2, 0) is 4.74 Å². The third kappa shape index (κ3) is 14.6. The topological polar surface area (TPSA) is 29.5 Å². The van der Waals surface area contributed by atoms with E-state index in [4.69, 9.17) is 22.7 Å². The van der Waals surface area contributed by atoms with Crippen LogP contribution in [0.2, 0.25) is 0 Å². The minimum Gasteiger partial charge on any atom is -1.00 e. The van der Waals surface area contributed by atoms with E-state index in [2.05, 4.69) is 34.7 Å². The van der Waals surface area contributed by atoms with E-state index in [1.807, 2.05) is 6.92 Å².